The van der Waals surface area contributed by atoms with Crippen LogP contribution in [0.25, 0.3) is 0 Å². The van der Waals surface area contributed by atoms with Crippen molar-refractivity contribution in [2.45, 2.75) is 0 Å². The highest BCUT2D eigenvalue weighted by Crippen LogP contribution is 2.54. The van der Waals surface area contributed by atoms with Crippen LogP contribution in [0.15, 0.2) is 0 Å². The van der Waals surface area contributed by atoms with E-state index in [0.29, 0.717) is 0 Å². The fourth-order valence-electron chi connectivity index (χ4n) is 1.44. The normalized spacial score (nSPS) is 13.5. The first-order chi connectivity index (χ1) is 22.2. The maximum atomic E-state index is 9.85. The van der Waals surface area contributed by atoms with Gasteiger partial charge in [-0.1, -0.05) is 0 Å². The molecule has 0 rings (SSSR count). The highest BCUT2D eigenvalue weighted by Gasteiger charge is 2.30. The van der Waals surface area contributed by atoms with Crippen LogP contribution in [-0.4, -0.2) is 153 Å². The van der Waals surface area contributed by atoms with Gasteiger partial charge in [0, 0.05) is 0 Å². The molecule has 0 aliphatic heterocycles. The van der Waals surface area contributed by atoms with E-state index in [2.05, 4.69) is 0 Å². The van der Waals surface area contributed by atoms with Gasteiger partial charge in [-0.25, -0.2) is 0 Å². The average Bonchev–Trinajstić information content (AvgIpc) is 2.50. The van der Waals surface area contributed by atoms with Gasteiger partial charge in [-0.2, -0.15) is 0 Å². The Labute approximate surface area is 304 Å². The number of rotatable bonds is 12. The zero-order valence-electron chi connectivity index (χ0n) is 25.9. The fourth-order valence-corrected chi connectivity index (χ4v) is 13.0. The maximum Gasteiger partial charge on any atom is 0.337 e. The summed E-state index contributed by atoms with van der Waals surface area (Å²) in [5, 5.41) is 0. The second-order valence-corrected chi connectivity index (χ2v) is 31.6. The third-order valence-electron chi connectivity index (χ3n) is 2.21. The van der Waals surface area contributed by atoms with E-state index in [-0.39, 0.29) is 6.15 Å². The molecule has 49 heteroatoms. The van der Waals surface area contributed by atoms with E-state index in [1.165, 1.54) is 0 Å². The van der Waals surface area contributed by atoms with Gasteiger partial charge < -0.3 is 124 Å². The van der Waals surface area contributed by atoms with Crippen LogP contribution in [0.5, 0.6) is 0 Å². The van der Waals surface area contributed by atoms with Crippen molar-refractivity contribution < 1.29 is 172 Å². The van der Waals surface area contributed by atoms with Crippen LogP contribution in [0.4, 0.5) is 0 Å². The summed E-state index contributed by atoms with van der Waals surface area (Å²) in [7, 11) is -54.6. The second kappa shape index (κ2) is 26.3. The minimum atomic E-state index is -4.55. The summed E-state index contributed by atoms with van der Waals surface area (Å²) in [4.78, 5) is 191. The molecule has 0 fully saturated rings. The molecule has 37 nitrogen and oxygen atoms in total. The van der Waals surface area contributed by atoms with Gasteiger partial charge in [-0.3, -0.25) is 54.8 Å². The molecule has 0 heterocycles. The minimum Gasteiger partial charge on any atom is -0.344 e. The van der Waals surface area contributed by atoms with Gasteiger partial charge >= 0.3 is 91.1 Å². The second-order valence-electron chi connectivity index (χ2n) is 8.82. The monoisotopic (exact) mass is 1070 g/mol. The van der Waals surface area contributed by atoms with Crippen molar-refractivity contribution in [2.24, 2.45) is 0 Å². The van der Waals surface area contributed by atoms with E-state index in [4.69, 9.17) is 117 Å². The molecule has 0 aromatic heterocycles. The molecule has 0 saturated heterocycles. The van der Waals surface area contributed by atoms with Gasteiger partial charge in [0.15, 0.2) is 35.4 Å². The molecule has 0 spiro atoms. The summed E-state index contributed by atoms with van der Waals surface area (Å²) in [6.45, 7) is 0. The smallest absolute Gasteiger partial charge is 0.337 e. The van der Waals surface area contributed by atoms with Crippen LogP contribution in [0.2, 0.25) is 0 Å². The first kappa shape index (κ1) is 71.3. The van der Waals surface area contributed by atoms with Gasteiger partial charge in [0.2, 0.25) is 0 Å². The quantitative estimate of drug-likeness (QED) is 0.0827. The van der Waals surface area contributed by atoms with E-state index in [1.807, 2.05) is 0 Å². The van der Waals surface area contributed by atoms with Gasteiger partial charge in [0.25, 0.3) is 0 Å². The molecule has 0 aliphatic carbocycles. The van der Waals surface area contributed by atoms with Crippen molar-refractivity contribution in [3.63, 3.8) is 0 Å². The molecule has 0 aromatic rings. The van der Waals surface area contributed by atoms with Crippen molar-refractivity contribution in [3.05, 3.63) is 0 Å². The number of hydrogen-bond donors (Lipinski definition) is 25. The Bertz CT molecular complexity index is 1240. The van der Waals surface area contributed by atoms with Crippen LogP contribution in [-0.2, 0) is 54.8 Å². The molecule has 55 heavy (non-hydrogen) atoms. The summed E-state index contributed by atoms with van der Waals surface area (Å²) in [5.41, 5.74) is 0. The summed E-state index contributed by atoms with van der Waals surface area (Å²) < 4.78 is 118. The van der Waals surface area contributed by atoms with Crippen LogP contribution < -0.4 is 6.15 Å². The van der Waals surface area contributed by atoms with Crippen molar-refractivity contribution in [1.82, 2.24) is 6.15 Å². The van der Waals surface area contributed by atoms with Crippen LogP contribution >= 0.6 is 91.1 Å². The number of hydrogen-bond acceptors (Lipinski definition) is 13. The van der Waals surface area contributed by atoms with Crippen LogP contribution in [0, 0.1) is 0 Å². The highest BCUT2D eigenvalue weighted by molar-refractivity contribution is 7.71. The van der Waals surface area contributed by atoms with E-state index in [9.17, 15) is 54.8 Å². The zero-order chi connectivity index (χ0) is 46.2. The molecule has 0 radical (unpaired) electrons. The zero-order valence-corrected chi connectivity index (χ0v) is 36.7. The lowest BCUT2D eigenvalue weighted by molar-refractivity contribution is 0.352. The first-order valence-electron chi connectivity index (χ1n) is 10.8. The Hall–Kier alpha value is 1.76. The average molecular weight is 1070 g/mol. The van der Waals surface area contributed by atoms with Gasteiger partial charge in [0.05, 0.1) is 0 Å². The topological polar surface area (TPSA) is 725 Å². The summed E-state index contributed by atoms with van der Waals surface area (Å²) in [5.74, 6) is -8.25. The SMILES string of the molecule is N.O=P(O)(O)CP(=O)(O)O.O=P(O)(O)CP(=O)(O)O.O=P(O)(O)CP(=O)(O)O.O=P(O)(O)CP(=O)(O)O.O=P(O)(O)CP(=O)(O)O.O=P(O)(O)CP(=O)(O)O. The molecule has 0 saturated carbocycles. The molecular weight excluding hydrogens is 1030 g/mol. The van der Waals surface area contributed by atoms with Crippen molar-refractivity contribution in [3.8, 4) is 0 Å². The van der Waals surface area contributed by atoms with Crippen LogP contribution in [0.1, 0.15) is 0 Å². The molecular formula is C6H39NO36P12. The Kier molecular flexibility index (Phi) is 34.1. The Morgan fingerprint density at radius 2 is 0.200 bits per heavy atom. The van der Waals surface area contributed by atoms with Crippen molar-refractivity contribution >= 4 is 91.1 Å². The Morgan fingerprint density at radius 1 is 0.164 bits per heavy atom. The molecule has 27 N–H and O–H groups in total. The largest absolute Gasteiger partial charge is 0.344 e. The molecule has 0 atom stereocenters. The summed E-state index contributed by atoms with van der Waals surface area (Å²) in [6.07, 6.45) is 0. The van der Waals surface area contributed by atoms with Crippen LogP contribution in [0.3, 0.4) is 0 Å². The third-order valence-corrected chi connectivity index (χ3v) is 19.9. The van der Waals surface area contributed by atoms with Crippen molar-refractivity contribution in [2.75, 3.05) is 35.4 Å². The van der Waals surface area contributed by atoms with E-state index < -0.39 is 127 Å². The third kappa shape index (κ3) is 113. The van der Waals surface area contributed by atoms with Crippen molar-refractivity contribution in [1.29, 1.82) is 0 Å². The molecule has 0 aliphatic rings. The summed E-state index contributed by atoms with van der Waals surface area (Å²) in [6, 6.07) is 0. The maximum absolute atomic E-state index is 9.85. The standard InChI is InChI=1S/6CH6O6P2.H3N/c6*2-8(3,4)1-9(5,6)7;/h6*1H2,(H2,2,3,4)(H2,5,6,7);1H3. The van der Waals surface area contributed by atoms with Gasteiger partial charge in [0.1, 0.15) is 0 Å². The van der Waals surface area contributed by atoms with Gasteiger partial charge in [-0.15, -0.1) is 0 Å². The predicted octanol–water partition coefficient (Wildman–Crippen LogP) is -4.04. The Balaban J connectivity index is -0.000000100. The fraction of sp³-hybridized carbons (Fsp3) is 1.00. The first-order valence-corrected chi connectivity index (χ1v) is 32.4. The molecule has 344 valence electrons. The molecule has 0 unspecified atom stereocenters. The molecule has 0 amide bonds. The minimum absolute atomic E-state index is 0. The van der Waals surface area contributed by atoms with E-state index >= 15 is 0 Å². The molecule has 0 aromatic carbocycles. The lowest BCUT2D eigenvalue weighted by Gasteiger charge is -2.03. The van der Waals surface area contributed by atoms with Gasteiger partial charge in [-0.05, 0) is 0 Å². The lowest BCUT2D eigenvalue weighted by atomic mass is 11.9. The van der Waals surface area contributed by atoms with E-state index in [1.54, 1.807) is 0 Å². The highest BCUT2D eigenvalue weighted by atomic mass is 31.3. The Morgan fingerprint density at radius 3 is 0.200 bits per heavy atom. The predicted molar refractivity (Wildman–Crippen MR) is 179 cm³/mol. The summed E-state index contributed by atoms with van der Waals surface area (Å²) >= 11 is 0. The lowest BCUT2D eigenvalue weighted by Crippen LogP contribution is -1.88. The van der Waals surface area contributed by atoms with E-state index in [0.717, 1.165) is 0 Å². The molecule has 0 bridgehead atoms.